The van der Waals surface area contributed by atoms with Crippen LogP contribution >= 0.6 is 0 Å². The van der Waals surface area contributed by atoms with Crippen molar-refractivity contribution in [3.8, 4) is 11.4 Å². The first-order valence-corrected chi connectivity index (χ1v) is 9.36. The third kappa shape index (κ3) is 3.53. The lowest BCUT2D eigenvalue weighted by atomic mass is 9.78. The van der Waals surface area contributed by atoms with Crippen LogP contribution in [0.4, 0.5) is 0 Å². The van der Waals surface area contributed by atoms with E-state index in [0.29, 0.717) is 0 Å². The molecule has 26 heavy (non-hydrogen) atoms. The minimum absolute atomic E-state index is 0.359. The fourth-order valence-corrected chi connectivity index (χ4v) is 3.00. The van der Waals surface area contributed by atoms with Crippen molar-refractivity contribution in [3.05, 3.63) is 36.2 Å². The molecule has 1 aliphatic heterocycles. The maximum Gasteiger partial charge on any atom is 0.498 e. The van der Waals surface area contributed by atoms with Crippen LogP contribution in [0.3, 0.4) is 0 Å². The van der Waals surface area contributed by atoms with E-state index in [1.165, 1.54) is 0 Å². The summed E-state index contributed by atoms with van der Waals surface area (Å²) in [6, 6.07) is 7.89. The van der Waals surface area contributed by atoms with Crippen molar-refractivity contribution < 1.29 is 14.0 Å². The van der Waals surface area contributed by atoms with E-state index in [0.717, 1.165) is 41.9 Å². The lowest BCUT2D eigenvalue weighted by molar-refractivity contribution is 0.00578. The maximum absolute atomic E-state index is 6.26. The van der Waals surface area contributed by atoms with Gasteiger partial charge in [0.2, 0.25) is 0 Å². The minimum Gasteiger partial charge on any atom is -0.497 e. The van der Waals surface area contributed by atoms with Crippen LogP contribution in [-0.4, -0.2) is 35.2 Å². The van der Waals surface area contributed by atoms with Gasteiger partial charge in [0.25, 0.3) is 0 Å². The van der Waals surface area contributed by atoms with Crippen LogP contribution in [-0.2, 0) is 15.7 Å². The second-order valence-electron chi connectivity index (χ2n) is 7.87. The minimum atomic E-state index is -0.390. The van der Waals surface area contributed by atoms with Gasteiger partial charge in [-0.3, -0.25) is 0 Å². The van der Waals surface area contributed by atoms with Gasteiger partial charge in [0.1, 0.15) is 5.75 Å². The van der Waals surface area contributed by atoms with Gasteiger partial charge in [-0.2, -0.15) is 5.10 Å². The van der Waals surface area contributed by atoms with Gasteiger partial charge in [-0.05, 0) is 64.8 Å². The van der Waals surface area contributed by atoms with Crippen molar-refractivity contribution in [2.45, 2.75) is 65.1 Å². The number of benzene rings is 1. The molecule has 5 nitrogen and oxygen atoms in total. The quantitative estimate of drug-likeness (QED) is 0.743. The average molecular weight is 356 g/mol. The van der Waals surface area contributed by atoms with Crippen molar-refractivity contribution in [2.24, 2.45) is 0 Å². The van der Waals surface area contributed by atoms with Gasteiger partial charge in [0, 0.05) is 11.7 Å². The van der Waals surface area contributed by atoms with E-state index in [1.54, 1.807) is 7.11 Å². The molecule has 140 valence electrons. The maximum atomic E-state index is 6.26. The number of hydrogen-bond donors (Lipinski definition) is 0. The van der Waals surface area contributed by atoms with Gasteiger partial charge >= 0.3 is 7.12 Å². The lowest BCUT2D eigenvalue weighted by Gasteiger charge is -2.32. The Morgan fingerprint density at radius 3 is 2.23 bits per heavy atom. The van der Waals surface area contributed by atoms with Crippen LogP contribution in [0, 0.1) is 0 Å². The SMILES string of the molecule is CCCCc1nn(-c2ccc(OC)cc2)cc1B1OC(C)(C)C(C)(C)O1. The number of aromatic nitrogens is 2. The van der Waals surface area contributed by atoms with Crippen LogP contribution in [0.2, 0.25) is 0 Å². The summed E-state index contributed by atoms with van der Waals surface area (Å²) in [6.45, 7) is 10.5. The van der Waals surface area contributed by atoms with E-state index in [2.05, 4.69) is 34.6 Å². The Bertz CT molecular complexity index is 737. The Hall–Kier alpha value is -1.79. The van der Waals surface area contributed by atoms with E-state index in [-0.39, 0.29) is 18.3 Å². The molecule has 0 spiro atoms. The van der Waals surface area contributed by atoms with Crippen molar-refractivity contribution >= 4 is 12.6 Å². The third-order valence-corrected chi connectivity index (χ3v) is 5.43. The summed E-state index contributed by atoms with van der Waals surface area (Å²) in [7, 11) is 1.28. The molecule has 0 aliphatic carbocycles. The van der Waals surface area contributed by atoms with E-state index < -0.39 is 0 Å². The van der Waals surface area contributed by atoms with Gasteiger partial charge in [-0.1, -0.05) is 13.3 Å². The number of methoxy groups -OCH3 is 1. The van der Waals surface area contributed by atoms with E-state index in [4.69, 9.17) is 19.1 Å². The molecular formula is C20H29BN2O3. The highest BCUT2D eigenvalue weighted by Gasteiger charge is 2.52. The third-order valence-electron chi connectivity index (χ3n) is 5.43. The molecule has 3 rings (SSSR count). The molecular weight excluding hydrogens is 327 g/mol. The molecule has 0 atom stereocenters. The summed E-state index contributed by atoms with van der Waals surface area (Å²) < 4.78 is 19.7. The molecule has 1 aliphatic rings. The summed E-state index contributed by atoms with van der Waals surface area (Å²) in [5, 5.41) is 4.83. The van der Waals surface area contributed by atoms with Crippen molar-refractivity contribution in [3.63, 3.8) is 0 Å². The number of nitrogens with zero attached hydrogens (tertiary/aromatic N) is 2. The van der Waals surface area contributed by atoms with Gasteiger partial charge in [-0.15, -0.1) is 0 Å². The number of hydrogen-bond acceptors (Lipinski definition) is 4. The lowest BCUT2D eigenvalue weighted by Crippen LogP contribution is -2.41. The highest BCUT2D eigenvalue weighted by molar-refractivity contribution is 6.62. The van der Waals surface area contributed by atoms with Crippen molar-refractivity contribution in [1.29, 1.82) is 0 Å². The van der Waals surface area contributed by atoms with E-state index in [9.17, 15) is 0 Å². The smallest absolute Gasteiger partial charge is 0.497 e. The molecule has 1 saturated heterocycles. The molecule has 1 aromatic heterocycles. The molecule has 0 radical (unpaired) electrons. The number of ether oxygens (including phenoxy) is 1. The zero-order chi connectivity index (χ0) is 18.9. The van der Waals surface area contributed by atoms with E-state index in [1.807, 2.05) is 35.1 Å². The monoisotopic (exact) mass is 356 g/mol. The van der Waals surface area contributed by atoms with Crippen LogP contribution in [0.25, 0.3) is 5.69 Å². The molecule has 2 heterocycles. The Labute approximate surface area is 156 Å². The molecule has 1 aromatic carbocycles. The van der Waals surface area contributed by atoms with E-state index >= 15 is 0 Å². The molecule has 1 fully saturated rings. The van der Waals surface area contributed by atoms with Gasteiger partial charge in [-0.25, -0.2) is 4.68 Å². The fourth-order valence-electron chi connectivity index (χ4n) is 3.00. The molecule has 2 aromatic rings. The van der Waals surface area contributed by atoms with Crippen molar-refractivity contribution in [1.82, 2.24) is 9.78 Å². The summed E-state index contributed by atoms with van der Waals surface area (Å²) in [5.74, 6) is 0.832. The second-order valence-corrected chi connectivity index (χ2v) is 7.87. The predicted molar refractivity (Wildman–Crippen MR) is 104 cm³/mol. The fraction of sp³-hybridized carbons (Fsp3) is 0.550. The van der Waals surface area contributed by atoms with Crippen LogP contribution in [0.1, 0.15) is 53.2 Å². The number of aryl methyl sites for hydroxylation is 1. The number of rotatable bonds is 6. The highest BCUT2D eigenvalue weighted by atomic mass is 16.7. The van der Waals surface area contributed by atoms with Gasteiger partial charge in [0.15, 0.2) is 0 Å². The molecule has 6 heteroatoms. The number of unbranched alkanes of at least 4 members (excludes halogenated alkanes) is 1. The second kappa shape index (κ2) is 7.08. The first kappa shape index (κ1) is 19.0. The Morgan fingerprint density at radius 2 is 1.69 bits per heavy atom. The Morgan fingerprint density at radius 1 is 1.08 bits per heavy atom. The summed E-state index contributed by atoms with van der Waals surface area (Å²) in [5.41, 5.74) is 2.34. The van der Waals surface area contributed by atoms with Gasteiger partial charge < -0.3 is 14.0 Å². The van der Waals surface area contributed by atoms with Crippen molar-refractivity contribution in [2.75, 3.05) is 7.11 Å². The zero-order valence-electron chi connectivity index (χ0n) is 16.7. The predicted octanol–water partition coefficient (Wildman–Crippen LogP) is 3.52. The zero-order valence-corrected chi connectivity index (χ0v) is 16.7. The normalized spacial score (nSPS) is 18.3. The topological polar surface area (TPSA) is 45.5 Å². The molecule has 0 bridgehead atoms. The summed E-state index contributed by atoms with van der Waals surface area (Å²) in [4.78, 5) is 0. The highest BCUT2D eigenvalue weighted by Crippen LogP contribution is 2.36. The molecule has 0 amide bonds. The molecule has 0 saturated carbocycles. The van der Waals surface area contributed by atoms with Crippen LogP contribution < -0.4 is 10.2 Å². The van der Waals surface area contributed by atoms with Crippen LogP contribution in [0.15, 0.2) is 30.5 Å². The van der Waals surface area contributed by atoms with Crippen LogP contribution in [0.5, 0.6) is 5.75 Å². The Kier molecular flexibility index (Phi) is 5.17. The first-order chi connectivity index (χ1) is 12.3. The average Bonchev–Trinajstić information content (AvgIpc) is 3.11. The standard InChI is InChI=1S/C20H29BN2O3/c1-7-8-9-18-17(21-25-19(2,3)20(4,5)26-21)14-23(22-18)15-10-12-16(24-6)13-11-15/h10-14H,7-9H2,1-6H3. The Balaban J connectivity index is 1.94. The summed E-state index contributed by atoms with van der Waals surface area (Å²) in [6.07, 6.45) is 5.17. The summed E-state index contributed by atoms with van der Waals surface area (Å²) >= 11 is 0. The molecule has 0 unspecified atom stereocenters. The first-order valence-electron chi connectivity index (χ1n) is 9.36. The molecule has 0 N–H and O–H groups in total. The van der Waals surface area contributed by atoms with Gasteiger partial charge in [0.05, 0.1) is 29.7 Å². The largest absolute Gasteiger partial charge is 0.498 e.